The summed E-state index contributed by atoms with van der Waals surface area (Å²) in [6.07, 6.45) is 2.45. The fraction of sp³-hybridized carbons (Fsp3) is 0.571. The van der Waals surface area contributed by atoms with E-state index in [4.69, 9.17) is 0 Å². The van der Waals surface area contributed by atoms with E-state index in [1.165, 1.54) is 25.0 Å². The van der Waals surface area contributed by atoms with E-state index in [0.717, 1.165) is 18.8 Å². The number of likely N-dealkylation sites (N-methyl/N-ethyl adjacent to an activating group) is 1. The molecule has 0 aliphatic heterocycles. The number of hydrogen-bond acceptors (Lipinski definition) is 2. The van der Waals surface area contributed by atoms with Crippen LogP contribution in [0.5, 0.6) is 0 Å². The van der Waals surface area contributed by atoms with E-state index in [9.17, 15) is 4.39 Å². The van der Waals surface area contributed by atoms with E-state index in [1.54, 1.807) is 12.1 Å². The van der Waals surface area contributed by atoms with E-state index < -0.39 is 0 Å². The Hall–Kier alpha value is -1.09. The zero-order valence-electron chi connectivity index (χ0n) is 11.0. The summed E-state index contributed by atoms with van der Waals surface area (Å²) < 4.78 is 12.7. The van der Waals surface area contributed by atoms with E-state index in [2.05, 4.69) is 31.1 Å². The minimum atomic E-state index is -0.191. The summed E-state index contributed by atoms with van der Waals surface area (Å²) in [5, 5.41) is 3.29. The number of anilines is 1. The molecule has 0 aliphatic rings. The molecule has 0 aromatic heterocycles. The SMILES string of the molecule is CCCC(C)N(C)CCNc1ccc(F)cc1. The van der Waals surface area contributed by atoms with Crippen molar-refractivity contribution in [3.8, 4) is 0 Å². The zero-order chi connectivity index (χ0) is 12.7. The molecule has 0 aliphatic carbocycles. The van der Waals surface area contributed by atoms with Crippen molar-refractivity contribution in [2.45, 2.75) is 32.7 Å². The van der Waals surface area contributed by atoms with Crippen molar-refractivity contribution in [1.82, 2.24) is 4.90 Å². The number of benzene rings is 1. The third kappa shape index (κ3) is 5.18. The lowest BCUT2D eigenvalue weighted by molar-refractivity contribution is 0.254. The van der Waals surface area contributed by atoms with Gasteiger partial charge in [0.2, 0.25) is 0 Å². The van der Waals surface area contributed by atoms with Crippen LogP contribution >= 0.6 is 0 Å². The lowest BCUT2D eigenvalue weighted by Gasteiger charge is -2.24. The molecule has 1 atom stereocenters. The zero-order valence-corrected chi connectivity index (χ0v) is 11.0. The first kappa shape index (κ1) is 14.0. The normalized spacial score (nSPS) is 12.8. The highest BCUT2D eigenvalue weighted by Crippen LogP contribution is 2.08. The van der Waals surface area contributed by atoms with Crippen LogP contribution in [0.15, 0.2) is 24.3 Å². The van der Waals surface area contributed by atoms with Gasteiger partial charge in [0.05, 0.1) is 0 Å². The van der Waals surface area contributed by atoms with E-state index in [-0.39, 0.29) is 5.82 Å². The lowest BCUT2D eigenvalue weighted by atomic mass is 10.2. The highest BCUT2D eigenvalue weighted by Gasteiger charge is 2.06. The van der Waals surface area contributed by atoms with Crippen LogP contribution in [0.1, 0.15) is 26.7 Å². The van der Waals surface area contributed by atoms with Crippen molar-refractivity contribution >= 4 is 5.69 Å². The van der Waals surface area contributed by atoms with Gasteiger partial charge in [-0.25, -0.2) is 4.39 Å². The molecule has 0 saturated heterocycles. The predicted molar refractivity (Wildman–Crippen MR) is 71.9 cm³/mol. The van der Waals surface area contributed by atoms with Gasteiger partial charge in [-0.3, -0.25) is 0 Å². The molecule has 0 spiro atoms. The third-order valence-electron chi connectivity index (χ3n) is 3.10. The Bertz CT molecular complexity index is 311. The molecular weight excluding hydrogens is 215 g/mol. The molecule has 1 aromatic rings. The minimum absolute atomic E-state index is 0.191. The molecule has 1 rings (SSSR count). The molecule has 2 nitrogen and oxygen atoms in total. The summed E-state index contributed by atoms with van der Waals surface area (Å²) in [6.45, 7) is 6.34. The van der Waals surface area contributed by atoms with Crippen LogP contribution in [0.25, 0.3) is 0 Å². The van der Waals surface area contributed by atoms with Crippen LogP contribution in [0.2, 0.25) is 0 Å². The van der Waals surface area contributed by atoms with Gasteiger partial charge >= 0.3 is 0 Å². The van der Waals surface area contributed by atoms with E-state index in [0.29, 0.717) is 6.04 Å². The Morgan fingerprint density at radius 1 is 1.29 bits per heavy atom. The van der Waals surface area contributed by atoms with Gasteiger partial charge in [-0.2, -0.15) is 0 Å². The number of nitrogens with zero attached hydrogens (tertiary/aromatic N) is 1. The molecule has 1 aromatic carbocycles. The molecule has 96 valence electrons. The monoisotopic (exact) mass is 238 g/mol. The van der Waals surface area contributed by atoms with Gasteiger partial charge in [0.1, 0.15) is 5.82 Å². The second-order valence-corrected chi connectivity index (χ2v) is 4.55. The maximum Gasteiger partial charge on any atom is 0.123 e. The van der Waals surface area contributed by atoms with Crippen LogP contribution in [0.4, 0.5) is 10.1 Å². The summed E-state index contributed by atoms with van der Waals surface area (Å²) >= 11 is 0. The molecule has 3 heteroatoms. The van der Waals surface area contributed by atoms with Gasteiger partial charge in [0.15, 0.2) is 0 Å². The number of nitrogens with one attached hydrogen (secondary N) is 1. The molecule has 1 unspecified atom stereocenters. The van der Waals surface area contributed by atoms with E-state index in [1.807, 2.05) is 0 Å². The van der Waals surface area contributed by atoms with Crippen molar-refractivity contribution < 1.29 is 4.39 Å². The van der Waals surface area contributed by atoms with Gasteiger partial charge in [0, 0.05) is 24.8 Å². The number of hydrogen-bond donors (Lipinski definition) is 1. The van der Waals surface area contributed by atoms with Gasteiger partial charge in [0.25, 0.3) is 0 Å². The topological polar surface area (TPSA) is 15.3 Å². The van der Waals surface area contributed by atoms with Crippen LogP contribution in [-0.2, 0) is 0 Å². The van der Waals surface area contributed by atoms with Crippen LogP contribution < -0.4 is 5.32 Å². The first-order valence-electron chi connectivity index (χ1n) is 6.33. The molecule has 0 heterocycles. The van der Waals surface area contributed by atoms with Crippen molar-refractivity contribution in [3.05, 3.63) is 30.1 Å². The summed E-state index contributed by atoms with van der Waals surface area (Å²) in [5.41, 5.74) is 0.975. The second-order valence-electron chi connectivity index (χ2n) is 4.55. The Morgan fingerprint density at radius 3 is 2.53 bits per heavy atom. The molecule has 0 amide bonds. The quantitative estimate of drug-likeness (QED) is 0.783. The Morgan fingerprint density at radius 2 is 1.94 bits per heavy atom. The van der Waals surface area contributed by atoms with Crippen LogP contribution in [0, 0.1) is 5.82 Å². The smallest absolute Gasteiger partial charge is 0.123 e. The maximum absolute atomic E-state index is 12.7. The second kappa shape index (κ2) is 7.28. The molecule has 0 radical (unpaired) electrons. The highest BCUT2D eigenvalue weighted by molar-refractivity contribution is 5.42. The molecule has 0 bridgehead atoms. The van der Waals surface area contributed by atoms with Crippen molar-refractivity contribution in [1.29, 1.82) is 0 Å². The molecule has 17 heavy (non-hydrogen) atoms. The fourth-order valence-corrected chi connectivity index (χ4v) is 1.80. The number of rotatable bonds is 7. The fourth-order valence-electron chi connectivity index (χ4n) is 1.80. The summed E-state index contributed by atoms with van der Waals surface area (Å²) in [6, 6.07) is 7.11. The van der Waals surface area contributed by atoms with Gasteiger partial charge in [-0.1, -0.05) is 13.3 Å². The minimum Gasteiger partial charge on any atom is -0.384 e. The maximum atomic E-state index is 12.7. The average molecular weight is 238 g/mol. The summed E-state index contributed by atoms with van der Waals surface area (Å²) in [5.74, 6) is -0.191. The van der Waals surface area contributed by atoms with Crippen molar-refractivity contribution in [2.24, 2.45) is 0 Å². The van der Waals surface area contributed by atoms with Crippen LogP contribution in [0.3, 0.4) is 0 Å². The first-order chi connectivity index (χ1) is 8.13. The number of halogens is 1. The van der Waals surface area contributed by atoms with Crippen molar-refractivity contribution in [2.75, 3.05) is 25.5 Å². The van der Waals surface area contributed by atoms with Gasteiger partial charge in [-0.15, -0.1) is 0 Å². The highest BCUT2D eigenvalue weighted by atomic mass is 19.1. The first-order valence-corrected chi connectivity index (χ1v) is 6.33. The molecule has 1 N–H and O–H groups in total. The Balaban J connectivity index is 2.25. The van der Waals surface area contributed by atoms with Gasteiger partial charge < -0.3 is 10.2 Å². The average Bonchev–Trinajstić information content (AvgIpc) is 2.32. The summed E-state index contributed by atoms with van der Waals surface area (Å²) in [4.78, 5) is 2.35. The largest absolute Gasteiger partial charge is 0.384 e. The van der Waals surface area contributed by atoms with Crippen LogP contribution in [-0.4, -0.2) is 31.1 Å². The summed E-state index contributed by atoms with van der Waals surface area (Å²) in [7, 11) is 2.15. The van der Waals surface area contributed by atoms with E-state index >= 15 is 0 Å². The standard InChI is InChI=1S/C14H23FN2/c1-4-5-12(2)17(3)11-10-16-14-8-6-13(15)7-9-14/h6-9,12,16H,4-5,10-11H2,1-3H3. The Kier molecular flexibility index (Phi) is 5.98. The van der Waals surface area contributed by atoms with Gasteiger partial charge in [-0.05, 0) is 44.7 Å². The predicted octanol–water partition coefficient (Wildman–Crippen LogP) is 3.36. The third-order valence-corrected chi connectivity index (χ3v) is 3.10. The molecule has 0 saturated carbocycles. The molecular formula is C14H23FN2. The Labute approximate surface area is 104 Å². The lowest BCUT2D eigenvalue weighted by Crippen LogP contribution is -2.33. The molecule has 0 fully saturated rings. The van der Waals surface area contributed by atoms with Crippen molar-refractivity contribution in [3.63, 3.8) is 0 Å².